The molecule has 0 heterocycles. The third kappa shape index (κ3) is 4.02. The van der Waals surface area contributed by atoms with Crippen molar-refractivity contribution in [1.29, 1.82) is 10.5 Å². The smallest absolute Gasteiger partial charge is 0.237 e. The van der Waals surface area contributed by atoms with E-state index in [9.17, 15) is 4.79 Å². The number of hydrazone groups is 1. The first-order valence-corrected chi connectivity index (χ1v) is 5.20. The number of anilines is 2. The summed E-state index contributed by atoms with van der Waals surface area (Å²) in [6, 6.07) is 8.09. The Kier molecular flexibility index (Phi) is 4.88. The Morgan fingerprint density at radius 2 is 2.05 bits per heavy atom. The summed E-state index contributed by atoms with van der Waals surface area (Å²) in [4.78, 5) is 11.0. The number of ether oxygens (including phenoxy) is 1. The number of methoxy groups -OCH3 is 1. The summed E-state index contributed by atoms with van der Waals surface area (Å²) in [7, 11) is 1.46. The molecule has 1 aromatic carbocycles. The highest BCUT2D eigenvalue weighted by Gasteiger charge is 2.05. The molecule has 96 valence electrons. The highest BCUT2D eigenvalue weighted by Crippen LogP contribution is 2.27. The van der Waals surface area contributed by atoms with E-state index in [1.807, 2.05) is 0 Å². The highest BCUT2D eigenvalue weighted by molar-refractivity contribution is 6.10. The molecule has 0 bridgehead atoms. The van der Waals surface area contributed by atoms with Crippen LogP contribution in [0.3, 0.4) is 0 Å². The van der Waals surface area contributed by atoms with Crippen LogP contribution in [0.2, 0.25) is 0 Å². The number of nitrogens with zero attached hydrogens (tertiary/aromatic N) is 3. The molecule has 0 aliphatic heterocycles. The number of nitrogens with one attached hydrogen (secondary N) is 2. The number of hydrogen-bond donors (Lipinski definition) is 2. The van der Waals surface area contributed by atoms with E-state index in [0.29, 0.717) is 17.1 Å². The average Bonchev–Trinajstić information content (AvgIpc) is 2.40. The summed E-state index contributed by atoms with van der Waals surface area (Å²) in [5.74, 6) is 0.221. The molecule has 0 spiro atoms. The normalized spacial score (nSPS) is 8.63. The third-order valence-electron chi connectivity index (χ3n) is 2.02. The molecule has 2 N–H and O–H groups in total. The molecule has 1 amide bonds. The van der Waals surface area contributed by atoms with Gasteiger partial charge in [-0.25, -0.2) is 0 Å². The van der Waals surface area contributed by atoms with Gasteiger partial charge in [-0.15, -0.1) is 0 Å². The number of carbonyl (C=O) groups is 1. The second-order valence-corrected chi connectivity index (χ2v) is 3.39. The van der Waals surface area contributed by atoms with Crippen molar-refractivity contribution in [1.82, 2.24) is 0 Å². The fourth-order valence-electron chi connectivity index (χ4n) is 1.25. The van der Waals surface area contributed by atoms with Crippen LogP contribution in [-0.2, 0) is 4.79 Å². The average molecular weight is 257 g/mol. The maximum atomic E-state index is 11.0. The molecule has 7 heteroatoms. The van der Waals surface area contributed by atoms with E-state index in [0.717, 1.165) is 0 Å². The van der Waals surface area contributed by atoms with Gasteiger partial charge < -0.3 is 10.1 Å². The Morgan fingerprint density at radius 3 is 2.58 bits per heavy atom. The lowest BCUT2D eigenvalue weighted by Gasteiger charge is -2.10. The SMILES string of the molecule is COc1cc(NN=C(C#N)C#N)ccc1NC(C)=O. The molecule has 0 saturated carbocycles. The van der Waals surface area contributed by atoms with Crippen LogP contribution in [0, 0.1) is 22.7 Å². The monoisotopic (exact) mass is 257 g/mol. The predicted molar refractivity (Wildman–Crippen MR) is 69.6 cm³/mol. The second kappa shape index (κ2) is 6.62. The zero-order chi connectivity index (χ0) is 14.3. The fourth-order valence-corrected chi connectivity index (χ4v) is 1.25. The van der Waals surface area contributed by atoms with Crippen LogP contribution in [0.4, 0.5) is 11.4 Å². The summed E-state index contributed by atoms with van der Waals surface area (Å²) >= 11 is 0. The molecule has 0 atom stereocenters. The van der Waals surface area contributed by atoms with Gasteiger partial charge in [-0.1, -0.05) is 0 Å². The maximum absolute atomic E-state index is 11.0. The topological polar surface area (TPSA) is 110 Å². The van der Waals surface area contributed by atoms with Crippen molar-refractivity contribution in [3.63, 3.8) is 0 Å². The van der Waals surface area contributed by atoms with E-state index in [1.54, 1.807) is 30.3 Å². The molecule has 1 rings (SSSR count). The number of amides is 1. The summed E-state index contributed by atoms with van der Waals surface area (Å²) in [5, 5.41) is 23.3. The van der Waals surface area contributed by atoms with Crippen molar-refractivity contribution in [2.75, 3.05) is 17.9 Å². The van der Waals surface area contributed by atoms with E-state index in [4.69, 9.17) is 15.3 Å². The van der Waals surface area contributed by atoms with Crippen LogP contribution in [0.5, 0.6) is 5.75 Å². The molecule has 0 fully saturated rings. The maximum Gasteiger partial charge on any atom is 0.237 e. The Hall–Kier alpha value is -3.06. The first kappa shape index (κ1) is 14.0. The Balaban J connectivity index is 2.95. The van der Waals surface area contributed by atoms with Gasteiger partial charge in [0, 0.05) is 13.0 Å². The third-order valence-corrected chi connectivity index (χ3v) is 2.02. The van der Waals surface area contributed by atoms with Crippen LogP contribution in [-0.4, -0.2) is 18.7 Å². The summed E-state index contributed by atoms with van der Waals surface area (Å²) in [6.45, 7) is 1.39. The predicted octanol–water partition coefficient (Wildman–Crippen LogP) is 1.47. The Labute approximate surface area is 110 Å². The highest BCUT2D eigenvalue weighted by atomic mass is 16.5. The molecule has 0 aliphatic carbocycles. The van der Waals surface area contributed by atoms with Gasteiger partial charge in [-0.05, 0) is 12.1 Å². The van der Waals surface area contributed by atoms with E-state index >= 15 is 0 Å². The van der Waals surface area contributed by atoms with Gasteiger partial charge in [0.2, 0.25) is 11.6 Å². The van der Waals surface area contributed by atoms with E-state index in [1.165, 1.54) is 14.0 Å². The van der Waals surface area contributed by atoms with E-state index in [2.05, 4.69) is 15.8 Å². The second-order valence-electron chi connectivity index (χ2n) is 3.39. The summed E-state index contributed by atoms with van der Waals surface area (Å²) < 4.78 is 5.11. The van der Waals surface area contributed by atoms with Gasteiger partial charge in [0.25, 0.3) is 0 Å². The van der Waals surface area contributed by atoms with Crippen LogP contribution >= 0.6 is 0 Å². The van der Waals surface area contributed by atoms with Gasteiger partial charge in [0.1, 0.15) is 17.9 Å². The molecule has 0 radical (unpaired) electrons. The first-order chi connectivity index (χ1) is 9.10. The molecule has 19 heavy (non-hydrogen) atoms. The number of nitriles is 2. The van der Waals surface area contributed by atoms with Gasteiger partial charge in [-0.2, -0.15) is 15.6 Å². The summed E-state index contributed by atoms with van der Waals surface area (Å²) in [5.41, 5.74) is 3.31. The van der Waals surface area contributed by atoms with Crippen molar-refractivity contribution < 1.29 is 9.53 Å². The number of benzene rings is 1. The zero-order valence-electron chi connectivity index (χ0n) is 10.4. The molecule has 1 aromatic rings. The van der Waals surface area contributed by atoms with Crippen molar-refractivity contribution in [3.8, 4) is 17.9 Å². The minimum Gasteiger partial charge on any atom is -0.494 e. The van der Waals surface area contributed by atoms with E-state index < -0.39 is 0 Å². The molecule has 0 saturated heterocycles. The van der Waals surface area contributed by atoms with Gasteiger partial charge in [0.05, 0.1) is 18.5 Å². The van der Waals surface area contributed by atoms with Gasteiger partial charge in [0.15, 0.2) is 0 Å². The van der Waals surface area contributed by atoms with Crippen molar-refractivity contribution in [2.24, 2.45) is 5.10 Å². The van der Waals surface area contributed by atoms with Crippen LogP contribution < -0.4 is 15.5 Å². The molecule has 0 unspecified atom stereocenters. The molecule has 0 aromatic heterocycles. The molecule has 0 aliphatic rings. The van der Waals surface area contributed by atoms with Crippen molar-refractivity contribution >= 4 is 23.0 Å². The Morgan fingerprint density at radius 1 is 1.37 bits per heavy atom. The fraction of sp³-hybridized carbons (Fsp3) is 0.167. The number of rotatable bonds is 4. The van der Waals surface area contributed by atoms with Crippen LogP contribution in [0.25, 0.3) is 0 Å². The van der Waals surface area contributed by atoms with Gasteiger partial charge in [-0.3, -0.25) is 10.2 Å². The quantitative estimate of drug-likeness (QED) is 0.626. The number of carbonyl (C=O) groups excluding carboxylic acids is 1. The zero-order valence-corrected chi connectivity index (χ0v) is 10.4. The largest absolute Gasteiger partial charge is 0.494 e. The van der Waals surface area contributed by atoms with E-state index in [-0.39, 0.29) is 11.6 Å². The lowest BCUT2D eigenvalue weighted by atomic mass is 10.2. The molecular weight excluding hydrogens is 246 g/mol. The molecular formula is C12H11N5O2. The minimum absolute atomic E-state index is 0.215. The van der Waals surface area contributed by atoms with Gasteiger partial charge >= 0.3 is 0 Å². The standard InChI is InChI=1S/C12H11N5O2/c1-8(18)15-11-4-3-9(5-12(11)19-2)16-17-10(6-13)7-14/h3-5,16H,1-2H3,(H,15,18). The van der Waals surface area contributed by atoms with Crippen LogP contribution in [0.1, 0.15) is 6.92 Å². The lowest BCUT2D eigenvalue weighted by Crippen LogP contribution is -2.07. The number of hydrogen-bond acceptors (Lipinski definition) is 6. The summed E-state index contributed by atoms with van der Waals surface area (Å²) in [6.07, 6.45) is 0. The lowest BCUT2D eigenvalue weighted by molar-refractivity contribution is -0.114. The van der Waals surface area contributed by atoms with Crippen molar-refractivity contribution in [2.45, 2.75) is 6.92 Å². The van der Waals surface area contributed by atoms with Crippen LogP contribution in [0.15, 0.2) is 23.3 Å². The minimum atomic E-state index is -0.287. The Bertz CT molecular complexity index is 579. The van der Waals surface area contributed by atoms with Crippen molar-refractivity contribution in [3.05, 3.63) is 18.2 Å². The molecule has 7 nitrogen and oxygen atoms in total. The first-order valence-electron chi connectivity index (χ1n) is 5.20.